The number of aliphatic hydroxyl groups excluding tert-OH is 1. The Morgan fingerprint density at radius 3 is 2.71 bits per heavy atom. The standard InChI is InChI=1S/C16H20ClN5O2/c17-13-3-1-4-14(15(13)22-6-2-5-18-22)19-16(24)21-9-7-20(8-10-21)11-12-23/h1-6,23H,7-12H2,(H,19,24). The molecule has 0 aliphatic carbocycles. The maximum atomic E-state index is 12.5. The van der Waals surface area contributed by atoms with Crippen LogP contribution in [0.4, 0.5) is 10.5 Å². The average Bonchev–Trinajstić information content (AvgIpc) is 3.10. The van der Waals surface area contributed by atoms with Gasteiger partial charge in [-0.2, -0.15) is 5.10 Å². The number of nitrogens with zero attached hydrogens (tertiary/aromatic N) is 4. The predicted molar refractivity (Wildman–Crippen MR) is 92.7 cm³/mol. The molecule has 0 unspecified atom stereocenters. The van der Waals surface area contributed by atoms with Crippen LogP contribution in [0.2, 0.25) is 5.02 Å². The minimum Gasteiger partial charge on any atom is -0.395 e. The maximum absolute atomic E-state index is 12.5. The summed E-state index contributed by atoms with van der Waals surface area (Å²) in [5, 5.41) is 16.6. The van der Waals surface area contributed by atoms with E-state index in [0.29, 0.717) is 36.0 Å². The summed E-state index contributed by atoms with van der Waals surface area (Å²) < 4.78 is 1.64. The van der Waals surface area contributed by atoms with Gasteiger partial charge in [0.1, 0.15) is 5.69 Å². The van der Waals surface area contributed by atoms with E-state index in [1.165, 1.54) is 0 Å². The van der Waals surface area contributed by atoms with E-state index < -0.39 is 0 Å². The lowest BCUT2D eigenvalue weighted by Crippen LogP contribution is -2.50. The monoisotopic (exact) mass is 349 g/mol. The maximum Gasteiger partial charge on any atom is 0.321 e. The van der Waals surface area contributed by atoms with E-state index in [1.807, 2.05) is 6.07 Å². The highest BCUT2D eigenvalue weighted by molar-refractivity contribution is 6.33. The summed E-state index contributed by atoms with van der Waals surface area (Å²) >= 11 is 6.29. The summed E-state index contributed by atoms with van der Waals surface area (Å²) in [5.41, 5.74) is 1.27. The van der Waals surface area contributed by atoms with Crippen LogP contribution in [0.3, 0.4) is 0 Å². The van der Waals surface area contributed by atoms with Gasteiger partial charge >= 0.3 is 6.03 Å². The molecule has 1 aliphatic heterocycles. The lowest BCUT2D eigenvalue weighted by molar-refractivity contribution is 0.127. The third-order valence-electron chi connectivity index (χ3n) is 4.04. The number of amides is 2. The van der Waals surface area contributed by atoms with Crippen LogP contribution in [0, 0.1) is 0 Å². The van der Waals surface area contributed by atoms with Gasteiger partial charge in [-0.05, 0) is 18.2 Å². The van der Waals surface area contributed by atoms with Gasteiger partial charge in [0.05, 0.1) is 17.3 Å². The van der Waals surface area contributed by atoms with Crippen molar-refractivity contribution < 1.29 is 9.90 Å². The van der Waals surface area contributed by atoms with Crippen molar-refractivity contribution in [3.63, 3.8) is 0 Å². The SMILES string of the molecule is O=C(Nc1cccc(Cl)c1-n1cccn1)N1CCN(CCO)CC1. The summed E-state index contributed by atoms with van der Waals surface area (Å²) in [6, 6.07) is 7.01. The van der Waals surface area contributed by atoms with Gasteiger partial charge in [0.25, 0.3) is 0 Å². The molecule has 1 aromatic heterocycles. The molecule has 2 N–H and O–H groups in total. The van der Waals surface area contributed by atoms with E-state index in [-0.39, 0.29) is 12.6 Å². The Hall–Kier alpha value is -2.09. The normalized spacial score (nSPS) is 15.5. The van der Waals surface area contributed by atoms with E-state index in [1.54, 1.807) is 40.2 Å². The fourth-order valence-electron chi connectivity index (χ4n) is 2.76. The number of carbonyl (C=O) groups is 1. The zero-order valence-corrected chi connectivity index (χ0v) is 14.0. The van der Waals surface area contributed by atoms with E-state index in [9.17, 15) is 4.79 Å². The third kappa shape index (κ3) is 3.69. The smallest absolute Gasteiger partial charge is 0.321 e. The van der Waals surface area contributed by atoms with Crippen LogP contribution in [0.15, 0.2) is 36.7 Å². The number of aliphatic hydroxyl groups is 1. The van der Waals surface area contributed by atoms with Crippen LogP contribution in [-0.2, 0) is 0 Å². The van der Waals surface area contributed by atoms with Crippen molar-refractivity contribution in [2.24, 2.45) is 0 Å². The molecule has 3 rings (SSSR count). The van der Waals surface area contributed by atoms with Crippen LogP contribution in [-0.4, -0.2) is 70.0 Å². The Morgan fingerprint density at radius 1 is 1.25 bits per heavy atom. The number of benzene rings is 1. The van der Waals surface area contributed by atoms with E-state index in [2.05, 4.69) is 15.3 Å². The van der Waals surface area contributed by atoms with Crippen LogP contribution in [0.1, 0.15) is 0 Å². The molecular formula is C16H20ClN5O2. The first kappa shape index (κ1) is 16.8. The Labute approximate surface area is 145 Å². The lowest BCUT2D eigenvalue weighted by atomic mass is 10.2. The number of hydrogen-bond acceptors (Lipinski definition) is 4. The number of piperazine rings is 1. The number of aromatic nitrogens is 2. The topological polar surface area (TPSA) is 73.6 Å². The van der Waals surface area contributed by atoms with Gasteiger partial charge in [-0.25, -0.2) is 9.48 Å². The molecule has 2 amide bonds. The summed E-state index contributed by atoms with van der Waals surface area (Å²) in [6.45, 7) is 3.56. The zero-order chi connectivity index (χ0) is 16.9. The molecule has 0 radical (unpaired) electrons. The molecule has 0 atom stereocenters. The van der Waals surface area contributed by atoms with Crippen LogP contribution in [0.5, 0.6) is 0 Å². The van der Waals surface area contributed by atoms with E-state index >= 15 is 0 Å². The molecule has 1 saturated heterocycles. The third-order valence-corrected chi connectivity index (χ3v) is 4.34. The van der Waals surface area contributed by atoms with Crippen molar-refractivity contribution in [3.8, 4) is 5.69 Å². The zero-order valence-electron chi connectivity index (χ0n) is 13.2. The number of nitrogens with one attached hydrogen (secondary N) is 1. The summed E-state index contributed by atoms with van der Waals surface area (Å²) in [4.78, 5) is 16.4. The Kier molecular flexibility index (Phi) is 5.34. The second-order valence-corrected chi connectivity index (χ2v) is 5.98. The van der Waals surface area contributed by atoms with Gasteiger partial charge in [0.15, 0.2) is 0 Å². The second kappa shape index (κ2) is 7.65. The van der Waals surface area contributed by atoms with E-state index in [4.69, 9.17) is 16.7 Å². The number of halogens is 1. The molecule has 0 spiro atoms. The molecule has 2 heterocycles. The molecule has 128 valence electrons. The number of anilines is 1. The fourth-order valence-corrected chi connectivity index (χ4v) is 3.02. The molecular weight excluding hydrogens is 330 g/mol. The second-order valence-electron chi connectivity index (χ2n) is 5.57. The Morgan fingerprint density at radius 2 is 2.04 bits per heavy atom. The Balaban J connectivity index is 1.71. The van der Waals surface area contributed by atoms with Crippen molar-refractivity contribution in [3.05, 3.63) is 41.7 Å². The number of hydrogen-bond donors (Lipinski definition) is 2. The number of β-amino-alcohol motifs (C(OH)–C–C–N with tert-alkyl or cyclic N) is 1. The van der Waals surface area contributed by atoms with Gasteiger partial charge in [-0.15, -0.1) is 0 Å². The number of carbonyl (C=O) groups excluding carboxylic acids is 1. The largest absolute Gasteiger partial charge is 0.395 e. The first-order valence-corrected chi connectivity index (χ1v) is 8.24. The van der Waals surface area contributed by atoms with Gasteiger partial charge in [-0.3, -0.25) is 4.90 Å². The van der Waals surface area contributed by atoms with Crippen molar-refractivity contribution in [1.82, 2.24) is 19.6 Å². The molecule has 1 aliphatic rings. The summed E-state index contributed by atoms with van der Waals surface area (Å²) in [5.74, 6) is 0. The fraction of sp³-hybridized carbons (Fsp3) is 0.375. The van der Waals surface area contributed by atoms with Crippen molar-refractivity contribution in [2.75, 3.05) is 44.6 Å². The molecule has 1 fully saturated rings. The minimum atomic E-state index is -0.158. The highest BCUT2D eigenvalue weighted by Gasteiger charge is 2.22. The first-order chi connectivity index (χ1) is 11.7. The molecule has 8 heteroatoms. The summed E-state index contributed by atoms with van der Waals surface area (Å²) in [6.07, 6.45) is 3.44. The number of rotatable bonds is 4. The molecule has 1 aromatic carbocycles. The lowest BCUT2D eigenvalue weighted by Gasteiger charge is -2.34. The molecule has 0 saturated carbocycles. The van der Waals surface area contributed by atoms with Gasteiger partial charge in [0, 0.05) is 45.1 Å². The van der Waals surface area contributed by atoms with Crippen molar-refractivity contribution in [1.29, 1.82) is 0 Å². The van der Waals surface area contributed by atoms with Gasteiger partial charge in [-0.1, -0.05) is 17.7 Å². The van der Waals surface area contributed by atoms with Gasteiger partial charge in [0.2, 0.25) is 0 Å². The highest BCUT2D eigenvalue weighted by atomic mass is 35.5. The molecule has 0 bridgehead atoms. The molecule has 7 nitrogen and oxygen atoms in total. The quantitative estimate of drug-likeness (QED) is 0.880. The molecule has 24 heavy (non-hydrogen) atoms. The van der Waals surface area contributed by atoms with Crippen LogP contribution < -0.4 is 5.32 Å². The predicted octanol–water partition coefficient (Wildman–Crippen LogP) is 1.67. The van der Waals surface area contributed by atoms with Gasteiger partial charge < -0.3 is 15.3 Å². The summed E-state index contributed by atoms with van der Waals surface area (Å²) in [7, 11) is 0. The average molecular weight is 350 g/mol. The minimum absolute atomic E-state index is 0.141. The number of urea groups is 1. The van der Waals surface area contributed by atoms with Crippen LogP contribution >= 0.6 is 11.6 Å². The Bertz CT molecular complexity index is 684. The molecule has 2 aromatic rings. The van der Waals surface area contributed by atoms with Crippen LogP contribution in [0.25, 0.3) is 5.69 Å². The first-order valence-electron chi connectivity index (χ1n) is 7.86. The number of para-hydroxylation sites is 1. The highest BCUT2D eigenvalue weighted by Crippen LogP contribution is 2.28. The van der Waals surface area contributed by atoms with Crippen molar-refractivity contribution >= 4 is 23.3 Å². The van der Waals surface area contributed by atoms with E-state index in [0.717, 1.165) is 13.1 Å². The van der Waals surface area contributed by atoms with Crippen molar-refractivity contribution in [2.45, 2.75) is 0 Å².